The van der Waals surface area contributed by atoms with Crippen LogP contribution in [0.1, 0.15) is 40.5 Å². The van der Waals surface area contributed by atoms with Crippen LogP contribution in [0.2, 0.25) is 0 Å². The van der Waals surface area contributed by atoms with E-state index in [0.717, 1.165) is 31.0 Å². The molecule has 3 N–H and O–H groups in total. The predicted octanol–water partition coefficient (Wildman–Crippen LogP) is 3.87. The number of nitrogens with one attached hydrogen (secondary N) is 1. The number of likely N-dealkylation sites (tertiary alicyclic amines) is 1. The Bertz CT molecular complexity index is 497. The van der Waals surface area contributed by atoms with Crippen molar-refractivity contribution in [2.24, 2.45) is 11.7 Å². The van der Waals surface area contributed by atoms with Crippen molar-refractivity contribution in [1.29, 1.82) is 0 Å². The maximum Gasteiger partial charge on any atom is 0.173 e. The molecule has 0 aliphatic carbocycles. The minimum absolute atomic E-state index is 0.0129. The van der Waals surface area contributed by atoms with Gasteiger partial charge in [0.05, 0.1) is 6.54 Å². The molecule has 1 aliphatic heterocycles. The number of nitrogens with zero attached hydrogens (tertiary/aromatic N) is 1. The maximum absolute atomic E-state index is 13.3. The third-order valence-corrected chi connectivity index (χ3v) is 4.21. The fourth-order valence-electron chi connectivity index (χ4n) is 2.53. The molecule has 23 heavy (non-hydrogen) atoms. The van der Waals surface area contributed by atoms with Crippen molar-refractivity contribution in [3.05, 3.63) is 47.9 Å². The summed E-state index contributed by atoms with van der Waals surface area (Å²) in [6.45, 7) is 18.0. The molecule has 1 saturated heterocycles. The zero-order chi connectivity index (χ0) is 17.6. The van der Waals surface area contributed by atoms with E-state index in [1.807, 2.05) is 6.08 Å². The van der Waals surface area contributed by atoms with Gasteiger partial charge in [0, 0.05) is 24.5 Å². The Labute approximate surface area is 140 Å². The summed E-state index contributed by atoms with van der Waals surface area (Å²) in [6, 6.07) is 0. The number of allylic oxidation sites excluding steroid dienone is 3. The highest BCUT2D eigenvalue weighted by atomic mass is 19.1. The van der Waals surface area contributed by atoms with Crippen LogP contribution < -0.4 is 11.1 Å². The molecule has 0 aromatic heterocycles. The van der Waals surface area contributed by atoms with Gasteiger partial charge in [-0.2, -0.15) is 0 Å². The summed E-state index contributed by atoms with van der Waals surface area (Å²) in [5, 5.41) is 2.89. The Morgan fingerprint density at radius 2 is 2.09 bits per heavy atom. The van der Waals surface area contributed by atoms with E-state index >= 15 is 0 Å². The van der Waals surface area contributed by atoms with Gasteiger partial charge in [0.25, 0.3) is 0 Å². The normalized spacial score (nSPS) is 22.0. The van der Waals surface area contributed by atoms with Crippen molar-refractivity contribution < 1.29 is 4.39 Å². The zero-order valence-corrected chi connectivity index (χ0v) is 15.1. The van der Waals surface area contributed by atoms with E-state index in [1.165, 1.54) is 24.6 Å². The van der Waals surface area contributed by atoms with E-state index in [0.29, 0.717) is 5.70 Å². The lowest BCUT2D eigenvalue weighted by molar-refractivity contribution is 0.199. The molecular weight excluding hydrogens is 289 g/mol. The third-order valence-electron chi connectivity index (χ3n) is 4.21. The van der Waals surface area contributed by atoms with Crippen LogP contribution in [-0.4, -0.2) is 30.3 Å². The largest absolute Gasteiger partial charge is 0.380 e. The highest BCUT2D eigenvalue weighted by Gasteiger charge is 2.20. The molecule has 0 spiro atoms. The second-order valence-corrected chi connectivity index (χ2v) is 6.83. The van der Waals surface area contributed by atoms with Gasteiger partial charge < -0.3 is 10.2 Å². The number of hydrogen-bond donors (Lipinski definition) is 2. The van der Waals surface area contributed by atoms with Gasteiger partial charge >= 0.3 is 0 Å². The Balaban J connectivity index is 2.74. The predicted molar refractivity (Wildman–Crippen MR) is 97.5 cm³/mol. The van der Waals surface area contributed by atoms with Crippen molar-refractivity contribution in [2.45, 2.75) is 46.3 Å². The van der Waals surface area contributed by atoms with Gasteiger partial charge in [-0.15, -0.1) is 0 Å². The fraction of sp³-hybridized carbons (Fsp3) is 0.579. The molecule has 1 heterocycles. The average molecular weight is 321 g/mol. The molecule has 0 saturated carbocycles. The monoisotopic (exact) mass is 321 g/mol. The summed E-state index contributed by atoms with van der Waals surface area (Å²) < 4.78 is 13.3. The van der Waals surface area contributed by atoms with Gasteiger partial charge in [-0.25, -0.2) is 4.39 Å². The third kappa shape index (κ3) is 6.61. The van der Waals surface area contributed by atoms with Crippen LogP contribution >= 0.6 is 0 Å². The van der Waals surface area contributed by atoms with E-state index < -0.39 is 5.79 Å². The lowest BCUT2D eigenvalue weighted by Gasteiger charge is -2.22. The van der Waals surface area contributed by atoms with Crippen molar-refractivity contribution >= 4 is 0 Å². The van der Waals surface area contributed by atoms with E-state index in [-0.39, 0.29) is 6.54 Å². The van der Waals surface area contributed by atoms with Crippen molar-refractivity contribution in [3.8, 4) is 0 Å². The van der Waals surface area contributed by atoms with E-state index in [2.05, 4.69) is 50.2 Å². The van der Waals surface area contributed by atoms with E-state index in [1.54, 1.807) is 0 Å². The summed E-state index contributed by atoms with van der Waals surface area (Å²) in [7, 11) is 0. The smallest absolute Gasteiger partial charge is 0.173 e. The van der Waals surface area contributed by atoms with Crippen molar-refractivity contribution in [3.63, 3.8) is 0 Å². The van der Waals surface area contributed by atoms with Gasteiger partial charge in [-0.1, -0.05) is 38.7 Å². The first-order valence-electron chi connectivity index (χ1n) is 8.36. The molecule has 1 unspecified atom stereocenters. The van der Waals surface area contributed by atoms with Crippen molar-refractivity contribution in [2.75, 3.05) is 19.6 Å². The molecule has 0 amide bonds. The second kappa shape index (κ2) is 8.34. The summed E-state index contributed by atoms with van der Waals surface area (Å²) in [4.78, 5) is 2.43. The van der Waals surface area contributed by atoms with Gasteiger partial charge in [-0.3, -0.25) is 5.73 Å². The number of nitrogens with two attached hydrogens (primary N) is 1. The maximum atomic E-state index is 13.3. The summed E-state index contributed by atoms with van der Waals surface area (Å²) in [5.74, 6) is -1.03. The Kier molecular flexibility index (Phi) is 7.07. The highest BCUT2D eigenvalue weighted by Crippen LogP contribution is 2.24. The first-order valence-corrected chi connectivity index (χ1v) is 8.36. The number of hydrogen-bond acceptors (Lipinski definition) is 3. The van der Waals surface area contributed by atoms with Crippen molar-refractivity contribution in [1.82, 2.24) is 10.2 Å². The van der Waals surface area contributed by atoms with Gasteiger partial charge in [0.15, 0.2) is 5.79 Å². The second-order valence-electron chi connectivity index (χ2n) is 6.83. The molecule has 1 fully saturated rings. The zero-order valence-electron chi connectivity index (χ0n) is 15.1. The average Bonchev–Trinajstić information content (AvgIpc) is 2.89. The molecule has 3 nitrogen and oxygen atoms in total. The lowest BCUT2D eigenvalue weighted by Crippen LogP contribution is -2.41. The van der Waals surface area contributed by atoms with Crippen LogP contribution in [0.3, 0.4) is 0 Å². The molecule has 0 aromatic carbocycles. The molecule has 0 aromatic rings. The van der Waals surface area contributed by atoms with Crippen LogP contribution in [0.4, 0.5) is 4.39 Å². The molecular formula is C19H32FN3. The molecule has 2 atom stereocenters. The number of alkyl halides is 1. The number of halogens is 1. The van der Waals surface area contributed by atoms with E-state index in [4.69, 9.17) is 5.73 Å². The quantitative estimate of drug-likeness (QED) is 0.527. The Morgan fingerprint density at radius 1 is 1.43 bits per heavy atom. The van der Waals surface area contributed by atoms with Crippen LogP contribution in [0, 0.1) is 5.92 Å². The fourth-order valence-corrected chi connectivity index (χ4v) is 2.53. The summed E-state index contributed by atoms with van der Waals surface area (Å²) in [6.07, 6.45) is 6.29. The van der Waals surface area contributed by atoms with Crippen LogP contribution in [-0.2, 0) is 0 Å². The minimum Gasteiger partial charge on any atom is -0.380 e. The molecule has 4 heteroatoms. The summed E-state index contributed by atoms with van der Waals surface area (Å²) >= 11 is 0. The van der Waals surface area contributed by atoms with Gasteiger partial charge in [-0.05, 0) is 44.3 Å². The Morgan fingerprint density at radius 3 is 2.57 bits per heavy atom. The van der Waals surface area contributed by atoms with Crippen LogP contribution in [0.25, 0.3) is 0 Å². The standard InChI is InChI=1S/C19H32FN3/c1-7-15(3)18(23-11-10-14(2)12-23)9-8-16(4)17(5)22-13-19(6,20)21/h8-9,14,22H,4-5,7,10-13,21H2,1-3,6H3/b9-8-,18-15+/t14-,19?/m0/s1. The van der Waals surface area contributed by atoms with Gasteiger partial charge in [0.2, 0.25) is 0 Å². The first-order chi connectivity index (χ1) is 10.6. The minimum atomic E-state index is -1.76. The van der Waals surface area contributed by atoms with Crippen LogP contribution in [0.5, 0.6) is 0 Å². The van der Waals surface area contributed by atoms with E-state index in [9.17, 15) is 4.39 Å². The molecule has 0 radical (unpaired) electrons. The summed E-state index contributed by atoms with van der Waals surface area (Å²) in [5.41, 5.74) is 9.29. The molecule has 1 rings (SSSR count). The highest BCUT2D eigenvalue weighted by molar-refractivity contribution is 5.38. The molecule has 1 aliphatic rings. The first kappa shape index (κ1) is 19.5. The SMILES string of the molecule is C=C(/C=C\C(=C(\C)CC)N1CC[C@H](C)C1)C(=C)NCC(C)(N)F. The molecule has 130 valence electrons. The Hall–Kier alpha value is -1.55. The lowest BCUT2D eigenvalue weighted by atomic mass is 10.1. The van der Waals surface area contributed by atoms with Gasteiger partial charge in [0.1, 0.15) is 0 Å². The van der Waals surface area contributed by atoms with Crippen LogP contribution in [0.15, 0.2) is 47.9 Å². The topological polar surface area (TPSA) is 41.3 Å². The molecule has 0 bridgehead atoms. The number of rotatable bonds is 8.